The highest BCUT2D eigenvalue weighted by Crippen LogP contribution is 2.32. The third kappa shape index (κ3) is 3.29. The Labute approximate surface area is 112 Å². The highest BCUT2D eigenvalue weighted by atomic mass is 32.1. The lowest BCUT2D eigenvalue weighted by Gasteiger charge is -2.31. The van der Waals surface area contributed by atoms with Gasteiger partial charge in [-0.25, -0.2) is 8.78 Å². The first-order chi connectivity index (χ1) is 8.37. The summed E-state index contributed by atoms with van der Waals surface area (Å²) >= 11 is 1.77. The summed E-state index contributed by atoms with van der Waals surface area (Å²) in [5.74, 6) is -1.97. The Balaban J connectivity index is 2.03. The second-order valence-corrected chi connectivity index (χ2v) is 6.75. The summed E-state index contributed by atoms with van der Waals surface area (Å²) in [7, 11) is 0. The van der Waals surface area contributed by atoms with Crippen LogP contribution in [0.3, 0.4) is 0 Å². The van der Waals surface area contributed by atoms with Crippen LogP contribution < -0.4 is 0 Å². The summed E-state index contributed by atoms with van der Waals surface area (Å²) in [6, 6.07) is 2.16. The van der Waals surface area contributed by atoms with Crippen LogP contribution in [0.5, 0.6) is 0 Å². The quantitative estimate of drug-likeness (QED) is 0.788. The summed E-state index contributed by atoms with van der Waals surface area (Å²) in [4.78, 5) is 4.49. The molecule has 0 amide bonds. The fourth-order valence-electron chi connectivity index (χ4n) is 2.62. The lowest BCUT2D eigenvalue weighted by molar-refractivity contribution is -0.0658. The molecule has 2 heterocycles. The van der Waals surface area contributed by atoms with Crippen molar-refractivity contribution in [2.75, 3.05) is 13.1 Å². The summed E-state index contributed by atoms with van der Waals surface area (Å²) < 4.78 is 26.7. The Kier molecular flexibility index (Phi) is 4.07. The second kappa shape index (κ2) is 5.25. The van der Waals surface area contributed by atoms with Crippen molar-refractivity contribution in [1.29, 1.82) is 0 Å². The van der Waals surface area contributed by atoms with E-state index in [0.29, 0.717) is 18.9 Å². The highest BCUT2D eigenvalue weighted by molar-refractivity contribution is 7.12. The molecule has 1 saturated heterocycles. The molecule has 102 valence electrons. The minimum Gasteiger partial charge on any atom is -0.292 e. The van der Waals surface area contributed by atoms with Gasteiger partial charge >= 0.3 is 0 Å². The van der Waals surface area contributed by atoms with Gasteiger partial charge < -0.3 is 0 Å². The van der Waals surface area contributed by atoms with Gasteiger partial charge in [-0.2, -0.15) is 0 Å². The van der Waals surface area contributed by atoms with Crippen molar-refractivity contribution in [1.82, 2.24) is 4.90 Å². The van der Waals surface area contributed by atoms with Gasteiger partial charge in [-0.1, -0.05) is 13.8 Å². The first-order valence-corrected chi connectivity index (χ1v) is 7.38. The minimum atomic E-state index is -2.49. The molecule has 0 spiro atoms. The Morgan fingerprint density at radius 1 is 1.44 bits per heavy atom. The molecule has 0 aliphatic carbocycles. The van der Waals surface area contributed by atoms with Gasteiger partial charge in [0.15, 0.2) is 0 Å². The number of halogens is 2. The summed E-state index contributed by atoms with van der Waals surface area (Å²) in [5, 5.41) is 0. The summed E-state index contributed by atoms with van der Waals surface area (Å²) in [5.41, 5.74) is 1.30. The Morgan fingerprint density at radius 3 is 2.72 bits per heavy atom. The lowest BCUT2D eigenvalue weighted by atomic mass is 10.1. The molecule has 1 aliphatic heterocycles. The monoisotopic (exact) mass is 273 g/mol. The van der Waals surface area contributed by atoms with Crippen LogP contribution in [0.15, 0.2) is 6.07 Å². The van der Waals surface area contributed by atoms with Crippen molar-refractivity contribution in [3.05, 3.63) is 21.4 Å². The SMILES string of the molecule is Cc1cc(CN2CCCC(F)(F)C2)sc1C(C)C. The van der Waals surface area contributed by atoms with Crippen LogP contribution in [-0.4, -0.2) is 23.9 Å². The number of hydrogen-bond acceptors (Lipinski definition) is 2. The highest BCUT2D eigenvalue weighted by Gasteiger charge is 2.35. The van der Waals surface area contributed by atoms with E-state index in [1.54, 1.807) is 11.3 Å². The van der Waals surface area contributed by atoms with Gasteiger partial charge in [-0.05, 0) is 37.4 Å². The zero-order valence-electron chi connectivity index (χ0n) is 11.3. The van der Waals surface area contributed by atoms with E-state index in [4.69, 9.17) is 0 Å². The van der Waals surface area contributed by atoms with E-state index in [1.807, 2.05) is 4.90 Å². The molecule has 0 bridgehead atoms. The molecule has 18 heavy (non-hydrogen) atoms. The second-order valence-electron chi connectivity index (χ2n) is 5.58. The summed E-state index contributed by atoms with van der Waals surface area (Å²) in [6.45, 7) is 7.85. The molecule has 1 fully saturated rings. The minimum absolute atomic E-state index is 0.0458. The van der Waals surface area contributed by atoms with E-state index in [2.05, 4.69) is 26.8 Å². The third-order valence-corrected chi connectivity index (χ3v) is 4.91. The summed E-state index contributed by atoms with van der Waals surface area (Å²) in [6.07, 6.45) is 0.651. The number of thiophene rings is 1. The lowest BCUT2D eigenvalue weighted by Crippen LogP contribution is -2.41. The first kappa shape index (κ1) is 13.9. The van der Waals surface area contributed by atoms with Crippen molar-refractivity contribution >= 4 is 11.3 Å². The van der Waals surface area contributed by atoms with E-state index in [1.165, 1.54) is 15.3 Å². The predicted octanol–water partition coefficient (Wildman–Crippen LogP) is 4.41. The number of rotatable bonds is 3. The molecule has 4 heteroatoms. The van der Waals surface area contributed by atoms with Crippen molar-refractivity contribution in [3.8, 4) is 0 Å². The van der Waals surface area contributed by atoms with E-state index in [0.717, 1.165) is 6.54 Å². The van der Waals surface area contributed by atoms with Crippen molar-refractivity contribution < 1.29 is 8.78 Å². The average Bonchev–Trinajstić information content (AvgIpc) is 2.58. The number of alkyl halides is 2. The van der Waals surface area contributed by atoms with E-state index in [-0.39, 0.29) is 13.0 Å². The molecule has 1 nitrogen and oxygen atoms in total. The zero-order chi connectivity index (χ0) is 13.3. The van der Waals surface area contributed by atoms with Gasteiger partial charge in [0.25, 0.3) is 5.92 Å². The molecule has 0 atom stereocenters. The number of aryl methyl sites for hydroxylation is 1. The van der Waals surface area contributed by atoms with Gasteiger partial charge in [0.2, 0.25) is 0 Å². The number of nitrogens with zero attached hydrogens (tertiary/aromatic N) is 1. The standard InChI is InChI=1S/C14H21F2NS/c1-10(2)13-11(3)7-12(18-13)8-17-6-4-5-14(15,16)9-17/h7,10H,4-6,8-9H2,1-3H3. The number of likely N-dealkylation sites (tertiary alicyclic amines) is 1. The van der Waals surface area contributed by atoms with Crippen molar-refractivity contribution in [3.63, 3.8) is 0 Å². The molecule has 0 saturated carbocycles. The fraction of sp³-hybridized carbons (Fsp3) is 0.714. The number of piperidine rings is 1. The maximum absolute atomic E-state index is 13.3. The Morgan fingerprint density at radius 2 is 2.17 bits per heavy atom. The van der Waals surface area contributed by atoms with Gasteiger partial charge in [0.1, 0.15) is 0 Å². The van der Waals surface area contributed by atoms with E-state index in [9.17, 15) is 8.78 Å². The molecule has 0 unspecified atom stereocenters. The van der Waals surface area contributed by atoms with Crippen LogP contribution in [0.1, 0.15) is 47.9 Å². The topological polar surface area (TPSA) is 3.24 Å². The van der Waals surface area contributed by atoms with Gasteiger partial charge in [0, 0.05) is 22.7 Å². The van der Waals surface area contributed by atoms with E-state index < -0.39 is 5.92 Å². The van der Waals surface area contributed by atoms with Gasteiger partial charge in [-0.15, -0.1) is 11.3 Å². The number of hydrogen-bond donors (Lipinski definition) is 0. The maximum atomic E-state index is 13.3. The maximum Gasteiger partial charge on any atom is 0.260 e. The smallest absolute Gasteiger partial charge is 0.260 e. The molecule has 1 aromatic heterocycles. The Hall–Kier alpha value is -0.480. The van der Waals surface area contributed by atoms with Crippen LogP contribution in [0.2, 0.25) is 0 Å². The molecule has 0 radical (unpaired) electrons. The third-order valence-electron chi connectivity index (χ3n) is 3.38. The van der Waals surface area contributed by atoms with Crippen LogP contribution in [0.4, 0.5) is 8.78 Å². The van der Waals surface area contributed by atoms with Crippen LogP contribution in [0.25, 0.3) is 0 Å². The molecular formula is C14H21F2NS. The van der Waals surface area contributed by atoms with Crippen molar-refractivity contribution in [2.24, 2.45) is 0 Å². The van der Waals surface area contributed by atoms with Crippen molar-refractivity contribution in [2.45, 2.75) is 52.0 Å². The molecule has 2 rings (SSSR count). The van der Waals surface area contributed by atoms with Crippen LogP contribution >= 0.6 is 11.3 Å². The van der Waals surface area contributed by atoms with Gasteiger partial charge in [-0.3, -0.25) is 4.90 Å². The van der Waals surface area contributed by atoms with Crippen LogP contribution in [-0.2, 0) is 6.54 Å². The molecule has 0 aromatic carbocycles. The fourth-order valence-corrected chi connectivity index (χ4v) is 3.84. The largest absolute Gasteiger partial charge is 0.292 e. The molecule has 1 aliphatic rings. The normalized spacial score (nSPS) is 20.6. The Bertz CT molecular complexity index is 412. The first-order valence-electron chi connectivity index (χ1n) is 6.57. The zero-order valence-corrected chi connectivity index (χ0v) is 12.1. The molecule has 1 aromatic rings. The predicted molar refractivity (Wildman–Crippen MR) is 72.6 cm³/mol. The molecular weight excluding hydrogens is 252 g/mol. The van der Waals surface area contributed by atoms with Crippen LogP contribution in [0, 0.1) is 6.92 Å². The van der Waals surface area contributed by atoms with Gasteiger partial charge in [0.05, 0.1) is 6.54 Å². The van der Waals surface area contributed by atoms with E-state index >= 15 is 0 Å². The molecule has 0 N–H and O–H groups in total. The average molecular weight is 273 g/mol.